The first-order chi connectivity index (χ1) is 20.2. The fourth-order valence-corrected chi connectivity index (χ4v) is 6.99. The maximum absolute atomic E-state index is 15.5. The number of hydrogen-bond acceptors (Lipinski definition) is 8. The molecule has 0 aliphatic carbocycles. The van der Waals surface area contributed by atoms with Crippen LogP contribution < -0.4 is 14.9 Å². The first kappa shape index (κ1) is 28.1. The highest BCUT2D eigenvalue weighted by Gasteiger charge is 2.32. The molecule has 13 heteroatoms. The predicted molar refractivity (Wildman–Crippen MR) is 160 cm³/mol. The van der Waals surface area contributed by atoms with E-state index in [2.05, 4.69) is 25.3 Å². The second-order valence-corrected chi connectivity index (χ2v) is 13.0. The number of halogens is 1. The van der Waals surface area contributed by atoms with E-state index in [0.717, 1.165) is 39.9 Å². The monoisotopic (exact) mass is 605 g/mol. The topological polar surface area (TPSA) is 122 Å². The standard InChI is InChI=1S/C29H28FN7O3S2/c1-31-42(39,40)21-7-3-5-19(13-21)27-15-23-26(41-27)10-12-33-28(23)37(20-6-4-11-32-16-20)29(38)22-9-8-18(14-24(22)30)25-17-36(2)35-34-25/h3,5,7-10,12-15,17,20,31-32H,4,6,11,16H2,1-2H3/t20-/m1/s1. The first-order valence-corrected chi connectivity index (χ1v) is 15.7. The van der Waals surface area contributed by atoms with Gasteiger partial charge < -0.3 is 5.32 Å². The molecule has 0 bridgehead atoms. The van der Waals surface area contributed by atoms with Crippen molar-refractivity contribution in [2.75, 3.05) is 25.0 Å². The molecule has 1 aliphatic heterocycles. The lowest BCUT2D eigenvalue weighted by molar-refractivity contribution is 0.0968. The van der Waals surface area contributed by atoms with Crippen molar-refractivity contribution in [1.29, 1.82) is 0 Å². The van der Waals surface area contributed by atoms with Crippen molar-refractivity contribution in [3.8, 4) is 21.7 Å². The SMILES string of the molecule is CNS(=O)(=O)c1cccc(-c2cc3c(N(C(=O)c4ccc(-c5cn(C)nn5)cc4F)[C@@H]4CCCNC4)nccc3s2)c1. The van der Waals surface area contributed by atoms with Crippen molar-refractivity contribution >= 4 is 43.2 Å². The zero-order chi connectivity index (χ0) is 29.4. The largest absolute Gasteiger partial charge is 0.315 e. The summed E-state index contributed by atoms with van der Waals surface area (Å²) in [7, 11) is -0.522. The molecule has 0 unspecified atom stereocenters. The molecular formula is C29H28FN7O3S2. The van der Waals surface area contributed by atoms with Crippen molar-refractivity contribution in [3.63, 3.8) is 0 Å². The van der Waals surface area contributed by atoms with Crippen LogP contribution in [0, 0.1) is 5.82 Å². The van der Waals surface area contributed by atoms with Crippen LogP contribution in [-0.2, 0) is 17.1 Å². The number of anilines is 1. The van der Waals surface area contributed by atoms with Gasteiger partial charge in [-0.05, 0) is 68.4 Å². The minimum Gasteiger partial charge on any atom is -0.315 e. The van der Waals surface area contributed by atoms with Crippen LogP contribution in [0.5, 0.6) is 0 Å². The molecule has 1 amide bonds. The minimum absolute atomic E-state index is 0.0626. The summed E-state index contributed by atoms with van der Waals surface area (Å²) in [5.41, 5.74) is 1.69. The predicted octanol–water partition coefficient (Wildman–Crippen LogP) is 4.20. The van der Waals surface area contributed by atoms with Gasteiger partial charge in [-0.15, -0.1) is 16.4 Å². The van der Waals surface area contributed by atoms with Crippen LogP contribution in [0.1, 0.15) is 23.2 Å². The number of sulfonamides is 1. The fraction of sp³-hybridized carbons (Fsp3) is 0.241. The lowest BCUT2D eigenvalue weighted by atomic mass is 10.0. The molecule has 2 aromatic carbocycles. The van der Waals surface area contributed by atoms with E-state index in [1.54, 1.807) is 42.5 Å². The van der Waals surface area contributed by atoms with Gasteiger partial charge in [0.25, 0.3) is 5.91 Å². The Balaban J connectivity index is 1.43. The molecule has 216 valence electrons. The van der Waals surface area contributed by atoms with Gasteiger partial charge in [-0.2, -0.15) is 0 Å². The zero-order valence-corrected chi connectivity index (χ0v) is 24.5. The summed E-state index contributed by atoms with van der Waals surface area (Å²) in [4.78, 5) is 21.4. The molecule has 10 nitrogen and oxygen atoms in total. The summed E-state index contributed by atoms with van der Waals surface area (Å²) in [5.74, 6) is -0.704. The molecule has 1 aliphatic rings. The average molecular weight is 606 g/mol. The molecule has 5 aromatic rings. The van der Waals surface area contributed by atoms with Crippen molar-refractivity contribution < 1.29 is 17.6 Å². The molecule has 3 aromatic heterocycles. The van der Waals surface area contributed by atoms with Gasteiger partial charge in [-0.25, -0.2) is 22.5 Å². The number of carbonyl (C=O) groups is 1. The highest BCUT2D eigenvalue weighted by Crippen LogP contribution is 2.39. The number of piperidine rings is 1. The van der Waals surface area contributed by atoms with Gasteiger partial charge in [0.2, 0.25) is 10.0 Å². The highest BCUT2D eigenvalue weighted by atomic mass is 32.2. The number of benzene rings is 2. The summed E-state index contributed by atoms with van der Waals surface area (Å²) in [6.45, 7) is 1.38. The Labute approximate surface area is 246 Å². The highest BCUT2D eigenvalue weighted by molar-refractivity contribution is 7.89. The average Bonchev–Trinajstić information content (AvgIpc) is 3.65. The van der Waals surface area contributed by atoms with Crippen LogP contribution in [-0.4, -0.2) is 60.5 Å². The zero-order valence-electron chi connectivity index (χ0n) is 22.9. The Kier molecular flexibility index (Phi) is 7.58. The van der Waals surface area contributed by atoms with E-state index >= 15 is 4.39 Å². The number of amides is 1. The summed E-state index contributed by atoms with van der Waals surface area (Å²) >= 11 is 1.47. The van der Waals surface area contributed by atoms with E-state index < -0.39 is 21.7 Å². The van der Waals surface area contributed by atoms with Gasteiger partial charge in [0.1, 0.15) is 17.3 Å². The molecule has 0 radical (unpaired) electrons. The van der Waals surface area contributed by atoms with E-state index in [1.165, 1.54) is 41.3 Å². The van der Waals surface area contributed by atoms with Crippen LogP contribution >= 0.6 is 11.3 Å². The maximum atomic E-state index is 15.5. The lowest BCUT2D eigenvalue weighted by Crippen LogP contribution is -2.49. The van der Waals surface area contributed by atoms with Crippen molar-refractivity contribution in [3.05, 3.63) is 78.4 Å². The molecule has 4 heterocycles. The normalized spacial score (nSPS) is 15.6. The number of aryl methyl sites for hydroxylation is 1. The number of hydrogen-bond donors (Lipinski definition) is 2. The Morgan fingerprint density at radius 2 is 2.02 bits per heavy atom. The van der Waals surface area contributed by atoms with Crippen LogP contribution in [0.2, 0.25) is 0 Å². The summed E-state index contributed by atoms with van der Waals surface area (Å²) in [5, 5.41) is 12.0. The third-order valence-electron chi connectivity index (χ3n) is 7.30. The summed E-state index contributed by atoms with van der Waals surface area (Å²) < 4.78 is 45.1. The Morgan fingerprint density at radius 3 is 2.74 bits per heavy atom. The van der Waals surface area contributed by atoms with Gasteiger partial charge in [-0.1, -0.05) is 23.4 Å². The number of nitrogens with one attached hydrogen (secondary N) is 2. The van der Waals surface area contributed by atoms with Crippen molar-refractivity contribution in [2.45, 2.75) is 23.8 Å². The quantitative estimate of drug-likeness (QED) is 0.285. The molecule has 42 heavy (non-hydrogen) atoms. The van der Waals surface area contributed by atoms with E-state index in [9.17, 15) is 13.2 Å². The molecule has 0 saturated carbocycles. The number of aromatic nitrogens is 4. The third kappa shape index (κ3) is 5.31. The number of pyridine rings is 1. The first-order valence-electron chi connectivity index (χ1n) is 13.4. The van der Waals surface area contributed by atoms with Gasteiger partial charge >= 0.3 is 0 Å². The molecule has 6 rings (SSSR count). The van der Waals surface area contributed by atoms with Gasteiger partial charge in [0.05, 0.1) is 22.7 Å². The minimum atomic E-state index is -3.62. The molecule has 1 atom stereocenters. The molecule has 1 saturated heterocycles. The second-order valence-electron chi connectivity index (χ2n) is 10.0. The lowest BCUT2D eigenvalue weighted by Gasteiger charge is -2.34. The Morgan fingerprint density at radius 1 is 1.17 bits per heavy atom. The molecule has 1 fully saturated rings. The van der Waals surface area contributed by atoms with Crippen LogP contribution in [0.4, 0.5) is 10.2 Å². The van der Waals surface area contributed by atoms with E-state index in [4.69, 9.17) is 0 Å². The number of nitrogens with zero attached hydrogens (tertiary/aromatic N) is 5. The fourth-order valence-electron chi connectivity index (χ4n) is 5.16. The maximum Gasteiger partial charge on any atom is 0.262 e. The molecule has 2 N–H and O–H groups in total. The van der Waals surface area contributed by atoms with Gasteiger partial charge in [0, 0.05) is 40.3 Å². The van der Waals surface area contributed by atoms with Crippen LogP contribution in [0.15, 0.2) is 71.9 Å². The number of fused-ring (bicyclic) bond motifs is 1. The van der Waals surface area contributed by atoms with Crippen molar-refractivity contribution in [1.82, 2.24) is 30.0 Å². The smallest absolute Gasteiger partial charge is 0.262 e. The number of carbonyl (C=O) groups excluding carboxylic acids is 1. The van der Waals surface area contributed by atoms with Crippen LogP contribution in [0.25, 0.3) is 31.8 Å². The summed E-state index contributed by atoms with van der Waals surface area (Å²) in [6.07, 6.45) is 4.92. The number of thiophene rings is 1. The Hall–Kier alpha value is -4.04. The second kappa shape index (κ2) is 11.3. The third-order valence-corrected chi connectivity index (χ3v) is 9.86. The number of rotatable bonds is 7. The molecular weight excluding hydrogens is 577 g/mol. The molecule has 0 spiro atoms. The Bertz CT molecular complexity index is 1900. The van der Waals surface area contributed by atoms with Gasteiger partial charge in [-0.3, -0.25) is 14.4 Å². The van der Waals surface area contributed by atoms with Gasteiger partial charge in [0.15, 0.2) is 0 Å². The summed E-state index contributed by atoms with van der Waals surface area (Å²) in [6, 6.07) is 14.7. The van der Waals surface area contributed by atoms with Crippen LogP contribution in [0.3, 0.4) is 0 Å². The van der Waals surface area contributed by atoms with E-state index in [1.807, 2.05) is 18.2 Å². The van der Waals surface area contributed by atoms with E-state index in [-0.39, 0.29) is 16.5 Å². The van der Waals surface area contributed by atoms with E-state index in [0.29, 0.717) is 23.6 Å². The van der Waals surface area contributed by atoms with Crippen molar-refractivity contribution in [2.24, 2.45) is 7.05 Å².